The number of nitriles is 1. The maximum absolute atomic E-state index is 13.5. The first kappa shape index (κ1) is 21.8. The summed E-state index contributed by atoms with van der Waals surface area (Å²) in [5, 5.41) is 14.4. The third kappa shape index (κ3) is 5.17. The Bertz CT molecular complexity index is 972. The van der Waals surface area contributed by atoms with Gasteiger partial charge in [0.1, 0.15) is 6.07 Å². The number of rotatable bonds is 5. The number of hydrogen-bond donors (Lipinski definition) is 2. The molecule has 1 amide bonds. The van der Waals surface area contributed by atoms with Crippen molar-refractivity contribution in [3.05, 3.63) is 46.2 Å². The minimum atomic E-state index is -4.88. The Morgan fingerprint density at radius 3 is 2.73 bits per heavy atom. The fraction of sp³-hybridized carbons (Fsp3) is 0.368. The van der Waals surface area contributed by atoms with E-state index >= 15 is 0 Å². The van der Waals surface area contributed by atoms with E-state index in [1.165, 1.54) is 18.2 Å². The lowest BCUT2D eigenvalue weighted by Gasteiger charge is -2.22. The lowest BCUT2D eigenvalue weighted by molar-refractivity contribution is -0.141. The predicted molar refractivity (Wildman–Crippen MR) is 102 cm³/mol. The standard InChI is InChI=1S/C19H17ClF3N5O2/c20-14-2-1-3-15(12(14)8-24)27-18-26-10-13(16(28-18)19(21,22)23)17(29)25-9-11-4-6-30-7-5-11/h1-3,10-11H,4-7,9H2,(H,25,29)(H,26,27,28). The second-order valence-electron chi connectivity index (χ2n) is 6.62. The molecule has 1 aliphatic heterocycles. The molecule has 1 aromatic heterocycles. The van der Waals surface area contributed by atoms with Crippen molar-refractivity contribution in [2.24, 2.45) is 5.92 Å². The molecule has 0 unspecified atom stereocenters. The van der Waals surface area contributed by atoms with Crippen LogP contribution in [0.5, 0.6) is 0 Å². The number of hydrogen-bond acceptors (Lipinski definition) is 6. The highest BCUT2D eigenvalue weighted by atomic mass is 35.5. The molecule has 2 N–H and O–H groups in total. The minimum absolute atomic E-state index is 0.0367. The molecule has 0 atom stereocenters. The number of halogens is 4. The fourth-order valence-electron chi connectivity index (χ4n) is 2.97. The number of nitrogens with one attached hydrogen (secondary N) is 2. The zero-order chi connectivity index (χ0) is 21.7. The van der Waals surface area contributed by atoms with E-state index in [2.05, 4.69) is 20.6 Å². The van der Waals surface area contributed by atoms with Crippen LogP contribution in [-0.2, 0) is 10.9 Å². The van der Waals surface area contributed by atoms with Crippen LogP contribution in [0.3, 0.4) is 0 Å². The van der Waals surface area contributed by atoms with Crippen molar-refractivity contribution in [2.45, 2.75) is 19.0 Å². The van der Waals surface area contributed by atoms with E-state index in [4.69, 9.17) is 16.3 Å². The lowest BCUT2D eigenvalue weighted by Crippen LogP contribution is -2.33. The monoisotopic (exact) mass is 439 g/mol. The summed E-state index contributed by atoms with van der Waals surface area (Å²) in [5.41, 5.74) is -1.86. The average molecular weight is 440 g/mol. The summed E-state index contributed by atoms with van der Waals surface area (Å²) in [6, 6.07) is 6.31. The van der Waals surface area contributed by atoms with Gasteiger partial charge in [0.2, 0.25) is 5.95 Å². The maximum atomic E-state index is 13.5. The predicted octanol–water partition coefficient (Wildman–Crippen LogP) is 3.92. The van der Waals surface area contributed by atoms with Gasteiger partial charge in [-0.15, -0.1) is 0 Å². The molecule has 0 aliphatic carbocycles. The van der Waals surface area contributed by atoms with Crippen molar-refractivity contribution in [3.8, 4) is 6.07 Å². The molecule has 1 fully saturated rings. The van der Waals surface area contributed by atoms with Crippen LogP contribution in [0.1, 0.15) is 34.5 Å². The van der Waals surface area contributed by atoms with Gasteiger partial charge in [0.25, 0.3) is 5.91 Å². The molecule has 0 saturated carbocycles. The Kier molecular flexibility index (Phi) is 6.74. The third-order valence-electron chi connectivity index (χ3n) is 4.57. The molecule has 3 rings (SSSR count). The van der Waals surface area contributed by atoms with Gasteiger partial charge >= 0.3 is 6.18 Å². The molecule has 0 spiro atoms. The number of nitrogens with zero attached hydrogens (tertiary/aromatic N) is 3. The van der Waals surface area contributed by atoms with E-state index in [0.717, 1.165) is 19.0 Å². The number of anilines is 2. The summed E-state index contributed by atoms with van der Waals surface area (Å²) < 4.78 is 45.9. The zero-order valence-corrected chi connectivity index (χ0v) is 16.3. The van der Waals surface area contributed by atoms with Gasteiger partial charge in [0, 0.05) is 26.0 Å². The van der Waals surface area contributed by atoms with E-state index in [0.29, 0.717) is 13.2 Å². The van der Waals surface area contributed by atoms with Crippen molar-refractivity contribution in [3.63, 3.8) is 0 Å². The number of alkyl halides is 3. The van der Waals surface area contributed by atoms with E-state index < -0.39 is 29.3 Å². The van der Waals surface area contributed by atoms with Gasteiger partial charge in [0.05, 0.1) is 21.8 Å². The van der Waals surface area contributed by atoms with E-state index in [1.54, 1.807) is 0 Å². The topological polar surface area (TPSA) is 99.9 Å². The van der Waals surface area contributed by atoms with Crippen molar-refractivity contribution in [1.82, 2.24) is 15.3 Å². The molecule has 30 heavy (non-hydrogen) atoms. The van der Waals surface area contributed by atoms with Crippen LogP contribution in [-0.4, -0.2) is 35.6 Å². The van der Waals surface area contributed by atoms with Crippen molar-refractivity contribution in [1.29, 1.82) is 5.26 Å². The molecular formula is C19H17ClF3N5O2. The molecule has 1 saturated heterocycles. The molecular weight excluding hydrogens is 423 g/mol. The minimum Gasteiger partial charge on any atom is -0.381 e. The van der Waals surface area contributed by atoms with Crippen molar-refractivity contribution < 1.29 is 22.7 Å². The van der Waals surface area contributed by atoms with E-state index in [-0.39, 0.29) is 28.7 Å². The van der Waals surface area contributed by atoms with Crippen LogP contribution in [0.2, 0.25) is 5.02 Å². The number of benzene rings is 1. The fourth-order valence-corrected chi connectivity index (χ4v) is 3.19. The zero-order valence-electron chi connectivity index (χ0n) is 15.6. The van der Waals surface area contributed by atoms with Crippen LogP contribution < -0.4 is 10.6 Å². The van der Waals surface area contributed by atoms with Gasteiger partial charge in [-0.2, -0.15) is 18.4 Å². The summed E-state index contributed by atoms with van der Waals surface area (Å²) >= 11 is 5.92. The van der Waals surface area contributed by atoms with Crippen LogP contribution in [0.15, 0.2) is 24.4 Å². The molecule has 0 radical (unpaired) electrons. The summed E-state index contributed by atoms with van der Waals surface area (Å²) in [7, 11) is 0. The number of carbonyl (C=O) groups is 1. The van der Waals surface area contributed by atoms with Crippen LogP contribution in [0.25, 0.3) is 0 Å². The molecule has 2 heterocycles. The summed E-state index contributed by atoms with van der Waals surface area (Å²) in [6.07, 6.45) is -2.61. The number of amides is 1. The molecule has 11 heteroatoms. The SMILES string of the molecule is N#Cc1c(Cl)cccc1Nc1ncc(C(=O)NCC2CCOCC2)c(C(F)(F)F)n1. The van der Waals surface area contributed by atoms with E-state index in [1.807, 2.05) is 6.07 Å². The average Bonchev–Trinajstić information content (AvgIpc) is 2.72. The quantitative estimate of drug-likeness (QED) is 0.732. The highest BCUT2D eigenvalue weighted by molar-refractivity contribution is 6.32. The lowest BCUT2D eigenvalue weighted by atomic mass is 10.0. The highest BCUT2D eigenvalue weighted by Crippen LogP contribution is 2.32. The molecule has 158 valence electrons. The molecule has 1 aliphatic rings. The Morgan fingerprint density at radius 2 is 2.07 bits per heavy atom. The maximum Gasteiger partial charge on any atom is 0.434 e. The number of ether oxygens (including phenoxy) is 1. The van der Waals surface area contributed by atoms with Gasteiger partial charge in [-0.25, -0.2) is 9.97 Å². The first-order valence-electron chi connectivity index (χ1n) is 9.05. The first-order valence-corrected chi connectivity index (χ1v) is 9.43. The molecule has 0 bridgehead atoms. The molecule has 7 nitrogen and oxygen atoms in total. The number of carbonyl (C=O) groups excluding carboxylic acids is 1. The van der Waals surface area contributed by atoms with Crippen LogP contribution >= 0.6 is 11.6 Å². The normalized spacial score (nSPS) is 14.8. The Balaban J connectivity index is 1.83. The van der Waals surface area contributed by atoms with Gasteiger partial charge in [-0.05, 0) is 30.9 Å². The van der Waals surface area contributed by atoms with Crippen LogP contribution in [0, 0.1) is 17.2 Å². The van der Waals surface area contributed by atoms with Crippen molar-refractivity contribution in [2.75, 3.05) is 25.1 Å². The van der Waals surface area contributed by atoms with Crippen molar-refractivity contribution >= 4 is 29.1 Å². The first-order chi connectivity index (χ1) is 14.3. The largest absolute Gasteiger partial charge is 0.434 e. The summed E-state index contributed by atoms with van der Waals surface area (Å²) in [4.78, 5) is 19.7. The molecule has 1 aromatic carbocycles. The smallest absolute Gasteiger partial charge is 0.381 e. The van der Waals surface area contributed by atoms with Crippen LogP contribution in [0.4, 0.5) is 24.8 Å². The Hall–Kier alpha value is -2.90. The van der Waals surface area contributed by atoms with E-state index in [9.17, 15) is 23.2 Å². The second-order valence-corrected chi connectivity index (χ2v) is 7.03. The number of aromatic nitrogens is 2. The van der Waals surface area contributed by atoms with Gasteiger partial charge < -0.3 is 15.4 Å². The Morgan fingerprint density at radius 1 is 1.33 bits per heavy atom. The Labute approximate surface area is 175 Å². The van der Waals surface area contributed by atoms with Gasteiger partial charge in [0.15, 0.2) is 5.69 Å². The second kappa shape index (κ2) is 9.28. The third-order valence-corrected chi connectivity index (χ3v) is 4.88. The highest BCUT2D eigenvalue weighted by Gasteiger charge is 2.38. The van der Waals surface area contributed by atoms with Gasteiger partial charge in [-0.1, -0.05) is 17.7 Å². The summed E-state index contributed by atoms with van der Waals surface area (Å²) in [6.45, 7) is 1.37. The summed E-state index contributed by atoms with van der Waals surface area (Å²) in [5.74, 6) is -1.17. The van der Waals surface area contributed by atoms with Gasteiger partial charge in [-0.3, -0.25) is 4.79 Å². The molecule has 2 aromatic rings.